The van der Waals surface area contributed by atoms with Gasteiger partial charge in [-0.05, 0) is 96.3 Å². The van der Waals surface area contributed by atoms with Crippen molar-refractivity contribution >= 4 is 11.9 Å². The Bertz CT molecular complexity index is 1240. The van der Waals surface area contributed by atoms with Crippen LogP contribution in [0.2, 0.25) is 0 Å². The number of hydrogen-bond donors (Lipinski definition) is 3. The zero-order chi connectivity index (χ0) is 51.4. The highest BCUT2D eigenvalue weighted by molar-refractivity contribution is 5.76. The third-order valence-corrected chi connectivity index (χ3v) is 14.0. The molecule has 0 aliphatic carbocycles. The van der Waals surface area contributed by atoms with Crippen molar-refractivity contribution in [1.29, 1.82) is 0 Å². The second-order valence-electron chi connectivity index (χ2n) is 21.0. The summed E-state index contributed by atoms with van der Waals surface area (Å²) >= 11 is 0. The van der Waals surface area contributed by atoms with Crippen LogP contribution in [-0.2, 0) is 14.3 Å². The topological polar surface area (TPSA) is 95.9 Å². The van der Waals surface area contributed by atoms with Gasteiger partial charge in [-0.1, -0.05) is 267 Å². The number of allylic oxidation sites excluding steroid dienone is 9. The van der Waals surface area contributed by atoms with Crippen molar-refractivity contribution in [1.82, 2.24) is 5.32 Å². The molecule has 0 saturated heterocycles. The van der Waals surface area contributed by atoms with Gasteiger partial charge in [-0.15, -0.1) is 0 Å². The average molecular weight is 995 g/mol. The van der Waals surface area contributed by atoms with Crippen LogP contribution in [-0.4, -0.2) is 47.4 Å². The number of nitrogens with one attached hydrogen (secondary N) is 1. The molecule has 0 rings (SSSR count). The fraction of sp³-hybridized carbons (Fsp3) is 0.815. The number of aliphatic hydroxyl groups excluding tert-OH is 2. The molecule has 0 radical (unpaired) electrons. The first-order chi connectivity index (χ1) is 35.0. The van der Waals surface area contributed by atoms with Gasteiger partial charge in [0.05, 0.1) is 25.4 Å². The van der Waals surface area contributed by atoms with E-state index < -0.39 is 12.1 Å². The Morgan fingerprint density at radius 1 is 0.394 bits per heavy atom. The van der Waals surface area contributed by atoms with Crippen LogP contribution in [0.5, 0.6) is 0 Å². The van der Waals surface area contributed by atoms with E-state index in [9.17, 15) is 19.8 Å². The molecule has 1 amide bonds. The Morgan fingerprint density at radius 2 is 0.704 bits per heavy atom. The van der Waals surface area contributed by atoms with Crippen LogP contribution in [0.25, 0.3) is 0 Å². The molecule has 0 aliphatic heterocycles. The Morgan fingerprint density at radius 3 is 1.08 bits per heavy atom. The fourth-order valence-corrected chi connectivity index (χ4v) is 9.22. The summed E-state index contributed by atoms with van der Waals surface area (Å²) < 4.78 is 5.48. The van der Waals surface area contributed by atoms with Crippen molar-refractivity contribution in [3.63, 3.8) is 0 Å². The molecule has 71 heavy (non-hydrogen) atoms. The minimum absolute atomic E-state index is 0.00392. The van der Waals surface area contributed by atoms with Crippen molar-refractivity contribution < 1.29 is 24.5 Å². The lowest BCUT2D eigenvalue weighted by molar-refractivity contribution is -0.143. The van der Waals surface area contributed by atoms with Gasteiger partial charge in [-0.2, -0.15) is 0 Å². The summed E-state index contributed by atoms with van der Waals surface area (Å²) in [6.45, 7) is 4.86. The lowest BCUT2D eigenvalue weighted by Crippen LogP contribution is -2.45. The summed E-state index contributed by atoms with van der Waals surface area (Å²) in [6.07, 6.45) is 78.4. The third kappa shape index (κ3) is 56.7. The summed E-state index contributed by atoms with van der Waals surface area (Å²) in [5.74, 6) is -0.0770. The van der Waals surface area contributed by atoms with Crippen LogP contribution in [0.15, 0.2) is 60.8 Å². The minimum atomic E-state index is -0.846. The molecule has 0 aromatic carbocycles. The number of amides is 1. The Hall–Kier alpha value is -2.44. The molecule has 0 fully saturated rings. The van der Waals surface area contributed by atoms with Gasteiger partial charge in [-0.3, -0.25) is 9.59 Å². The number of hydrogen-bond acceptors (Lipinski definition) is 5. The van der Waals surface area contributed by atoms with Gasteiger partial charge in [-0.25, -0.2) is 0 Å². The molecule has 3 N–H and O–H groups in total. The average Bonchev–Trinajstić information content (AvgIpc) is 3.37. The molecule has 2 atom stereocenters. The highest BCUT2D eigenvalue weighted by Crippen LogP contribution is 2.16. The molecule has 0 aliphatic rings. The minimum Gasteiger partial charge on any atom is -0.466 e. The monoisotopic (exact) mass is 994 g/mol. The van der Waals surface area contributed by atoms with Gasteiger partial charge in [0.1, 0.15) is 0 Å². The smallest absolute Gasteiger partial charge is 0.305 e. The first-order valence-corrected chi connectivity index (χ1v) is 31.1. The van der Waals surface area contributed by atoms with E-state index in [0.717, 1.165) is 57.8 Å². The number of ether oxygens (including phenoxy) is 1. The number of esters is 1. The van der Waals surface area contributed by atoms with Crippen LogP contribution in [0.4, 0.5) is 0 Å². The Balaban J connectivity index is 3.43. The molecular formula is C65H119NO5. The van der Waals surface area contributed by atoms with Crippen LogP contribution >= 0.6 is 0 Å². The summed E-state index contributed by atoms with van der Waals surface area (Å²) in [7, 11) is 0. The van der Waals surface area contributed by atoms with Gasteiger partial charge in [0.15, 0.2) is 0 Å². The number of unbranched alkanes of at least 4 members (excludes halogenated alkanes) is 38. The molecule has 0 bridgehead atoms. The van der Waals surface area contributed by atoms with Crippen LogP contribution in [0, 0.1) is 0 Å². The number of rotatable bonds is 57. The SMILES string of the molecule is CCCCCC/C=C\C/C=C\CCCCCCCC(=O)OCCCCCCCCCCC/C=C\C/C=C\CCCCCCCCCCCCCC(=O)NC(CO)C(O)/C=C/CCCCCCCCCCC. The standard InChI is InChI=1S/C65H119NO5/c1-3-5-7-9-11-13-15-16-17-32-35-39-43-47-51-55-59-65(70)71-60-56-52-48-44-40-36-33-30-28-26-24-22-20-18-19-21-23-25-27-29-31-34-38-42-46-50-54-58-64(69)66-62(61-67)63(68)57-53-49-45-41-37-14-12-10-8-6-4-2/h13,15,17-19,22,24,32,53,57,62-63,67-68H,3-12,14,16,20-21,23,25-31,33-52,54-56,58-61H2,1-2H3,(H,66,69)/b15-13-,19-18-,24-22-,32-17-,57-53+. The lowest BCUT2D eigenvalue weighted by Gasteiger charge is -2.20. The predicted octanol–water partition coefficient (Wildman–Crippen LogP) is 19.5. The molecule has 6 heteroatoms. The second-order valence-corrected chi connectivity index (χ2v) is 21.0. The van der Waals surface area contributed by atoms with Crippen molar-refractivity contribution in [2.75, 3.05) is 13.2 Å². The van der Waals surface area contributed by atoms with Gasteiger partial charge in [0, 0.05) is 12.8 Å². The predicted molar refractivity (Wildman–Crippen MR) is 310 cm³/mol. The molecule has 0 aromatic rings. The Labute approximate surface area is 441 Å². The summed E-state index contributed by atoms with van der Waals surface area (Å²) in [6, 6.07) is -0.630. The normalized spacial score (nSPS) is 13.0. The molecule has 2 unspecified atom stereocenters. The van der Waals surface area contributed by atoms with E-state index in [-0.39, 0.29) is 18.5 Å². The zero-order valence-electron chi connectivity index (χ0n) is 47.2. The molecule has 0 aromatic heterocycles. The van der Waals surface area contributed by atoms with Gasteiger partial charge in [0.25, 0.3) is 0 Å². The molecular weight excluding hydrogens is 875 g/mol. The molecule has 0 saturated carbocycles. The summed E-state index contributed by atoms with van der Waals surface area (Å²) in [4.78, 5) is 24.5. The number of carbonyl (C=O) groups excluding carboxylic acids is 2. The zero-order valence-corrected chi connectivity index (χ0v) is 47.2. The second kappa shape index (κ2) is 60.1. The molecule has 414 valence electrons. The van der Waals surface area contributed by atoms with Gasteiger partial charge in [0.2, 0.25) is 5.91 Å². The van der Waals surface area contributed by atoms with Gasteiger partial charge < -0.3 is 20.3 Å². The molecule has 6 nitrogen and oxygen atoms in total. The van der Waals surface area contributed by atoms with Crippen molar-refractivity contribution in [2.24, 2.45) is 0 Å². The molecule has 0 spiro atoms. The first kappa shape index (κ1) is 68.6. The fourth-order valence-electron chi connectivity index (χ4n) is 9.22. The maximum Gasteiger partial charge on any atom is 0.305 e. The Kier molecular flexibility index (Phi) is 58.1. The third-order valence-electron chi connectivity index (χ3n) is 14.0. The van der Waals surface area contributed by atoms with Crippen LogP contribution in [0.1, 0.15) is 316 Å². The first-order valence-electron chi connectivity index (χ1n) is 31.1. The van der Waals surface area contributed by atoms with E-state index in [1.54, 1.807) is 6.08 Å². The van der Waals surface area contributed by atoms with E-state index in [1.807, 2.05) is 6.08 Å². The van der Waals surface area contributed by atoms with Crippen molar-refractivity contribution in [3.8, 4) is 0 Å². The maximum atomic E-state index is 12.4. The lowest BCUT2D eigenvalue weighted by atomic mass is 10.0. The van der Waals surface area contributed by atoms with Crippen molar-refractivity contribution in [3.05, 3.63) is 60.8 Å². The maximum absolute atomic E-state index is 12.4. The summed E-state index contributed by atoms with van der Waals surface area (Å²) in [5.41, 5.74) is 0. The van der Waals surface area contributed by atoms with E-state index in [1.165, 1.54) is 231 Å². The number of aliphatic hydroxyl groups is 2. The van der Waals surface area contributed by atoms with Crippen molar-refractivity contribution in [2.45, 2.75) is 328 Å². The van der Waals surface area contributed by atoms with E-state index >= 15 is 0 Å². The largest absolute Gasteiger partial charge is 0.466 e. The van der Waals surface area contributed by atoms with E-state index in [2.05, 4.69) is 67.8 Å². The summed E-state index contributed by atoms with van der Waals surface area (Å²) in [5, 5.41) is 23.0. The highest BCUT2D eigenvalue weighted by Gasteiger charge is 2.18. The van der Waals surface area contributed by atoms with E-state index in [4.69, 9.17) is 4.74 Å². The molecule has 0 heterocycles. The van der Waals surface area contributed by atoms with Crippen LogP contribution in [0.3, 0.4) is 0 Å². The van der Waals surface area contributed by atoms with E-state index in [0.29, 0.717) is 19.4 Å². The number of carbonyl (C=O) groups is 2. The van der Waals surface area contributed by atoms with Crippen LogP contribution < -0.4 is 5.32 Å². The van der Waals surface area contributed by atoms with Gasteiger partial charge >= 0.3 is 5.97 Å². The quantitative estimate of drug-likeness (QED) is 0.0321. The highest BCUT2D eigenvalue weighted by atomic mass is 16.5.